The summed E-state index contributed by atoms with van der Waals surface area (Å²) in [5, 5.41) is 3.40. The van der Waals surface area contributed by atoms with Crippen LogP contribution in [-0.2, 0) is 4.74 Å². The van der Waals surface area contributed by atoms with E-state index in [-0.39, 0.29) is 24.1 Å². The highest BCUT2D eigenvalue weighted by atomic mass is 19.1. The van der Waals surface area contributed by atoms with E-state index in [2.05, 4.69) is 12.2 Å². The summed E-state index contributed by atoms with van der Waals surface area (Å²) in [6.07, 6.45) is 2.12. The molecule has 1 aliphatic rings. The third-order valence-electron chi connectivity index (χ3n) is 3.28. The van der Waals surface area contributed by atoms with Crippen LogP contribution in [-0.4, -0.2) is 18.7 Å². The molecule has 94 valence electrons. The zero-order valence-corrected chi connectivity index (χ0v) is 10.4. The summed E-state index contributed by atoms with van der Waals surface area (Å²) in [5.74, 6) is -0.178. The van der Waals surface area contributed by atoms with Crippen molar-refractivity contribution in [3.05, 3.63) is 35.6 Å². The summed E-state index contributed by atoms with van der Waals surface area (Å²) < 4.78 is 19.8. The van der Waals surface area contributed by atoms with E-state index in [1.54, 1.807) is 6.07 Å². The molecule has 1 aromatic carbocycles. The van der Waals surface area contributed by atoms with Gasteiger partial charge in [0.15, 0.2) is 0 Å². The van der Waals surface area contributed by atoms with Crippen LogP contribution < -0.4 is 5.32 Å². The molecule has 0 bridgehead atoms. The SMILES string of the molecule is CCCC1CNC(C)C(c2ccccc2F)O1. The van der Waals surface area contributed by atoms with Gasteiger partial charge in [0.05, 0.1) is 6.10 Å². The van der Waals surface area contributed by atoms with Crippen molar-refractivity contribution in [2.75, 3.05) is 6.54 Å². The Morgan fingerprint density at radius 1 is 1.41 bits per heavy atom. The van der Waals surface area contributed by atoms with Gasteiger partial charge >= 0.3 is 0 Å². The minimum atomic E-state index is -0.179. The van der Waals surface area contributed by atoms with E-state index in [4.69, 9.17) is 4.74 Å². The normalized spacial score (nSPS) is 29.2. The maximum absolute atomic E-state index is 13.8. The smallest absolute Gasteiger partial charge is 0.129 e. The summed E-state index contributed by atoms with van der Waals surface area (Å²) in [4.78, 5) is 0. The van der Waals surface area contributed by atoms with Gasteiger partial charge in [-0.1, -0.05) is 31.5 Å². The Morgan fingerprint density at radius 2 is 2.18 bits per heavy atom. The van der Waals surface area contributed by atoms with E-state index in [1.807, 2.05) is 19.1 Å². The molecule has 3 atom stereocenters. The number of rotatable bonds is 3. The number of ether oxygens (including phenoxy) is 1. The number of hydrogen-bond acceptors (Lipinski definition) is 2. The van der Waals surface area contributed by atoms with Gasteiger partial charge in [-0.3, -0.25) is 0 Å². The van der Waals surface area contributed by atoms with Gasteiger partial charge in [0.2, 0.25) is 0 Å². The van der Waals surface area contributed by atoms with Gasteiger partial charge in [-0.25, -0.2) is 4.39 Å². The summed E-state index contributed by atoms with van der Waals surface area (Å²) in [6.45, 7) is 5.04. The van der Waals surface area contributed by atoms with Crippen LogP contribution in [0.5, 0.6) is 0 Å². The molecule has 0 saturated carbocycles. The number of halogens is 1. The Bertz CT molecular complexity index is 369. The predicted octanol–water partition coefficient (Wildman–Crippen LogP) is 3.04. The number of nitrogens with one attached hydrogen (secondary N) is 1. The van der Waals surface area contributed by atoms with Crippen LogP contribution in [0, 0.1) is 5.82 Å². The molecule has 0 spiro atoms. The molecule has 17 heavy (non-hydrogen) atoms. The third kappa shape index (κ3) is 2.85. The largest absolute Gasteiger partial charge is 0.367 e. The maximum atomic E-state index is 13.8. The van der Waals surface area contributed by atoms with Gasteiger partial charge in [-0.05, 0) is 19.4 Å². The van der Waals surface area contributed by atoms with Gasteiger partial charge in [-0.2, -0.15) is 0 Å². The highest BCUT2D eigenvalue weighted by molar-refractivity contribution is 5.21. The lowest BCUT2D eigenvalue weighted by atomic mass is 9.99. The second-order valence-electron chi connectivity index (χ2n) is 4.69. The van der Waals surface area contributed by atoms with Crippen LogP contribution in [0.1, 0.15) is 38.4 Å². The van der Waals surface area contributed by atoms with Crippen molar-refractivity contribution in [1.82, 2.24) is 5.32 Å². The van der Waals surface area contributed by atoms with E-state index >= 15 is 0 Å². The first-order chi connectivity index (χ1) is 8.22. The molecule has 1 fully saturated rings. The fourth-order valence-electron chi connectivity index (χ4n) is 2.34. The molecule has 1 aromatic rings. The fourth-order valence-corrected chi connectivity index (χ4v) is 2.34. The van der Waals surface area contributed by atoms with Crippen LogP contribution in [0.3, 0.4) is 0 Å². The van der Waals surface area contributed by atoms with Crippen molar-refractivity contribution in [3.63, 3.8) is 0 Å². The van der Waals surface area contributed by atoms with Crippen LogP contribution >= 0.6 is 0 Å². The van der Waals surface area contributed by atoms with Crippen molar-refractivity contribution < 1.29 is 9.13 Å². The average Bonchev–Trinajstić information content (AvgIpc) is 2.33. The van der Waals surface area contributed by atoms with Crippen molar-refractivity contribution >= 4 is 0 Å². The summed E-state index contributed by atoms with van der Waals surface area (Å²) >= 11 is 0. The van der Waals surface area contributed by atoms with Crippen molar-refractivity contribution in [2.24, 2.45) is 0 Å². The van der Waals surface area contributed by atoms with Gasteiger partial charge in [0.25, 0.3) is 0 Å². The monoisotopic (exact) mass is 237 g/mol. The van der Waals surface area contributed by atoms with Crippen molar-refractivity contribution in [1.29, 1.82) is 0 Å². The summed E-state index contributed by atoms with van der Waals surface area (Å²) in [7, 11) is 0. The molecule has 0 aromatic heterocycles. The zero-order valence-electron chi connectivity index (χ0n) is 10.4. The topological polar surface area (TPSA) is 21.3 Å². The van der Waals surface area contributed by atoms with Crippen LogP contribution in [0.25, 0.3) is 0 Å². The Kier molecular flexibility index (Phi) is 4.13. The van der Waals surface area contributed by atoms with E-state index in [0.717, 1.165) is 19.4 Å². The Morgan fingerprint density at radius 3 is 2.88 bits per heavy atom. The number of benzene rings is 1. The Balaban J connectivity index is 2.15. The minimum absolute atomic E-state index is 0.153. The van der Waals surface area contributed by atoms with Gasteiger partial charge < -0.3 is 10.1 Å². The highest BCUT2D eigenvalue weighted by Crippen LogP contribution is 2.29. The molecule has 3 heteroatoms. The molecular weight excluding hydrogens is 217 g/mol. The molecular formula is C14H20FNO. The van der Waals surface area contributed by atoms with Gasteiger partial charge in [0.1, 0.15) is 11.9 Å². The second kappa shape index (κ2) is 5.61. The lowest BCUT2D eigenvalue weighted by Gasteiger charge is -2.36. The molecule has 0 aliphatic carbocycles. The third-order valence-corrected chi connectivity index (χ3v) is 3.28. The molecule has 1 aliphatic heterocycles. The summed E-state index contributed by atoms with van der Waals surface area (Å²) in [6, 6.07) is 7.03. The van der Waals surface area contributed by atoms with Gasteiger partial charge in [0, 0.05) is 18.2 Å². The van der Waals surface area contributed by atoms with E-state index in [9.17, 15) is 4.39 Å². The first-order valence-corrected chi connectivity index (χ1v) is 6.35. The standard InChI is InChI=1S/C14H20FNO/c1-3-6-11-9-16-10(2)14(17-11)12-7-4-5-8-13(12)15/h4-5,7-8,10-11,14,16H,3,6,9H2,1-2H3. The first kappa shape index (κ1) is 12.5. The van der Waals surface area contributed by atoms with Crippen molar-refractivity contribution in [2.45, 2.75) is 44.9 Å². The molecule has 1 saturated heterocycles. The molecule has 0 radical (unpaired) electrons. The van der Waals surface area contributed by atoms with Crippen molar-refractivity contribution in [3.8, 4) is 0 Å². The van der Waals surface area contributed by atoms with E-state index in [1.165, 1.54) is 6.07 Å². The molecule has 3 unspecified atom stereocenters. The quantitative estimate of drug-likeness (QED) is 0.872. The second-order valence-corrected chi connectivity index (χ2v) is 4.69. The predicted molar refractivity (Wildman–Crippen MR) is 66.4 cm³/mol. The molecule has 1 N–H and O–H groups in total. The lowest BCUT2D eigenvalue weighted by Crippen LogP contribution is -2.46. The maximum Gasteiger partial charge on any atom is 0.129 e. The minimum Gasteiger partial charge on any atom is -0.367 e. The molecule has 2 rings (SSSR count). The highest BCUT2D eigenvalue weighted by Gasteiger charge is 2.30. The number of morpholine rings is 1. The summed E-state index contributed by atoms with van der Waals surface area (Å²) in [5.41, 5.74) is 0.660. The molecule has 2 nitrogen and oxygen atoms in total. The molecule has 0 amide bonds. The first-order valence-electron chi connectivity index (χ1n) is 6.35. The number of hydrogen-bond donors (Lipinski definition) is 1. The average molecular weight is 237 g/mol. The zero-order chi connectivity index (χ0) is 12.3. The lowest BCUT2D eigenvalue weighted by molar-refractivity contribution is -0.0658. The van der Waals surface area contributed by atoms with E-state index in [0.29, 0.717) is 5.56 Å². The Hall–Kier alpha value is -0.930. The van der Waals surface area contributed by atoms with Crippen LogP contribution in [0.15, 0.2) is 24.3 Å². The Labute approximate surface area is 102 Å². The molecule has 1 heterocycles. The van der Waals surface area contributed by atoms with E-state index < -0.39 is 0 Å². The van der Waals surface area contributed by atoms with Gasteiger partial charge in [-0.15, -0.1) is 0 Å². The van der Waals surface area contributed by atoms with Crippen LogP contribution in [0.2, 0.25) is 0 Å². The fraction of sp³-hybridized carbons (Fsp3) is 0.571. The van der Waals surface area contributed by atoms with Crippen LogP contribution in [0.4, 0.5) is 4.39 Å².